The highest BCUT2D eigenvalue weighted by atomic mass is 16.5. The molecule has 0 atom stereocenters. The molecule has 0 heterocycles. The van der Waals surface area contributed by atoms with Crippen molar-refractivity contribution in [2.75, 3.05) is 19.7 Å². The Kier molecular flexibility index (Phi) is 8.53. The average Bonchev–Trinajstić information content (AvgIpc) is 2.68. The van der Waals surface area contributed by atoms with Gasteiger partial charge in [-0.2, -0.15) is 0 Å². The van der Waals surface area contributed by atoms with Crippen LogP contribution in [-0.2, 0) is 11.2 Å². The molecule has 2 rings (SSSR count). The molecule has 0 bridgehead atoms. The summed E-state index contributed by atoms with van der Waals surface area (Å²) in [7, 11) is 0. The number of amides is 2. The van der Waals surface area contributed by atoms with Gasteiger partial charge in [-0.25, -0.2) is 0 Å². The molecule has 0 fully saturated rings. The number of nitrogens with two attached hydrogens (primary N) is 1. The van der Waals surface area contributed by atoms with Gasteiger partial charge in [0.25, 0.3) is 5.91 Å². The number of carbonyl (C=O) groups excluding carboxylic acids is 2. The van der Waals surface area contributed by atoms with Crippen molar-refractivity contribution in [1.29, 1.82) is 0 Å². The van der Waals surface area contributed by atoms with Gasteiger partial charge in [0.2, 0.25) is 5.91 Å². The number of hydrogen-bond donors (Lipinski definition) is 1. The second-order valence-electron chi connectivity index (χ2n) is 7.27. The Morgan fingerprint density at radius 3 is 2.36 bits per heavy atom. The molecule has 0 unspecified atom stereocenters. The number of carbonyl (C=O) groups is 2. The fourth-order valence-electron chi connectivity index (χ4n) is 2.81. The van der Waals surface area contributed by atoms with Crippen molar-refractivity contribution in [1.82, 2.24) is 4.90 Å². The Morgan fingerprint density at radius 1 is 1.00 bits per heavy atom. The van der Waals surface area contributed by atoms with Crippen LogP contribution in [0, 0.1) is 5.92 Å². The molecule has 0 saturated carbocycles. The highest BCUT2D eigenvalue weighted by Gasteiger charge is 2.20. The van der Waals surface area contributed by atoms with Crippen LogP contribution in [0.1, 0.15) is 42.6 Å². The molecule has 0 aliphatic rings. The average molecular weight is 383 g/mol. The largest absolute Gasteiger partial charge is 0.493 e. The van der Waals surface area contributed by atoms with E-state index >= 15 is 0 Å². The van der Waals surface area contributed by atoms with E-state index in [1.165, 1.54) is 0 Å². The van der Waals surface area contributed by atoms with Crippen molar-refractivity contribution < 1.29 is 14.3 Å². The molecular weight excluding hydrogens is 352 g/mol. The predicted molar refractivity (Wildman–Crippen MR) is 111 cm³/mol. The van der Waals surface area contributed by atoms with Crippen LogP contribution in [0.5, 0.6) is 5.75 Å². The first-order valence-electron chi connectivity index (χ1n) is 9.80. The van der Waals surface area contributed by atoms with Gasteiger partial charge in [0.05, 0.1) is 12.2 Å². The van der Waals surface area contributed by atoms with Crippen molar-refractivity contribution >= 4 is 11.8 Å². The van der Waals surface area contributed by atoms with Gasteiger partial charge in [0.15, 0.2) is 0 Å². The lowest BCUT2D eigenvalue weighted by Gasteiger charge is -2.23. The number of benzene rings is 2. The van der Waals surface area contributed by atoms with E-state index in [1.54, 1.807) is 11.0 Å². The summed E-state index contributed by atoms with van der Waals surface area (Å²) in [5, 5.41) is 0. The van der Waals surface area contributed by atoms with Gasteiger partial charge in [-0.15, -0.1) is 0 Å². The first-order valence-corrected chi connectivity index (χ1v) is 9.80. The van der Waals surface area contributed by atoms with E-state index in [1.807, 2.05) is 48.5 Å². The molecular formula is C23H30N2O3. The summed E-state index contributed by atoms with van der Waals surface area (Å²) in [4.78, 5) is 26.1. The molecule has 0 aromatic heterocycles. The first-order chi connectivity index (χ1) is 13.5. The quantitative estimate of drug-likeness (QED) is 0.644. The summed E-state index contributed by atoms with van der Waals surface area (Å²) in [5.74, 6) is 0.550. The molecule has 28 heavy (non-hydrogen) atoms. The molecule has 2 amide bonds. The molecule has 5 nitrogen and oxygen atoms in total. The Balaban J connectivity index is 2.12. The van der Waals surface area contributed by atoms with Gasteiger partial charge < -0.3 is 15.4 Å². The van der Waals surface area contributed by atoms with Crippen LogP contribution in [-0.4, -0.2) is 36.4 Å². The van der Waals surface area contributed by atoms with Gasteiger partial charge in [-0.05, 0) is 36.5 Å². The SMILES string of the molecule is CC(C)CCOc1ccccc1C(=O)N(CCC(N)=O)CCc1ccccc1. The van der Waals surface area contributed by atoms with Gasteiger partial charge in [0, 0.05) is 19.5 Å². The third-order valence-corrected chi connectivity index (χ3v) is 4.50. The van der Waals surface area contributed by atoms with Crippen molar-refractivity contribution in [3.63, 3.8) is 0 Å². The Morgan fingerprint density at radius 2 is 1.68 bits per heavy atom. The Hall–Kier alpha value is -2.82. The van der Waals surface area contributed by atoms with E-state index in [9.17, 15) is 9.59 Å². The molecule has 2 N–H and O–H groups in total. The maximum Gasteiger partial charge on any atom is 0.257 e. The summed E-state index contributed by atoms with van der Waals surface area (Å²) >= 11 is 0. The summed E-state index contributed by atoms with van der Waals surface area (Å²) in [5.41, 5.74) is 6.97. The van der Waals surface area contributed by atoms with Gasteiger partial charge in [-0.1, -0.05) is 56.3 Å². The van der Waals surface area contributed by atoms with Crippen LogP contribution in [0.4, 0.5) is 0 Å². The third kappa shape index (κ3) is 7.06. The zero-order chi connectivity index (χ0) is 20.4. The number of hydrogen-bond acceptors (Lipinski definition) is 3. The van der Waals surface area contributed by atoms with E-state index in [0.717, 1.165) is 12.0 Å². The third-order valence-electron chi connectivity index (χ3n) is 4.50. The van der Waals surface area contributed by atoms with Crippen LogP contribution < -0.4 is 10.5 Å². The lowest BCUT2D eigenvalue weighted by molar-refractivity contribution is -0.118. The number of ether oxygens (including phenoxy) is 1. The van der Waals surface area contributed by atoms with E-state index in [4.69, 9.17) is 10.5 Å². The molecule has 0 aliphatic heterocycles. The van der Waals surface area contributed by atoms with Gasteiger partial charge >= 0.3 is 0 Å². The lowest BCUT2D eigenvalue weighted by atomic mass is 10.1. The topological polar surface area (TPSA) is 72.6 Å². The minimum atomic E-state index is -0.418. The van der Waals surface area contributed by atoms with E-state index < -0.39 is 5.91 Å². The first kappa shape index (κ1) is 21.5. The molecule has 0 saturated heterocycles. The zero-order valence-corrected chi connectivity index (χ0v) is 16.8. The van der Waals surface area contributed by atoms with Crippen LogP contribution in [0.2, 0.25) is 0 Å². The summed E-state index contributed by atoms with van der Waals surface area (Å²) < 4.78 is 5.87. The second-order valence-corrected chi connectivity index (χ2v) is 7.27. The second kappa shape index (κ2) is 11.1. The summed E-state index contributed by atoms with van der Waals surface area (Å²) in [6.45, 7) is 5.64. The molecule has 150 valence electrons. The van der Waals surface area contributed by atoms with Crippen LogP contribution in [0.3, 0.4) is 0 Å². The van der Waals surface area contributed by atoms with Crippen molar-refractivity contribution in [3.05, 3.63) is 65.7 Å². The number of rotatable bonds is 11. The molecule has 0 aliphatic carbocycles. The van der Waals surface area contributed by atoms with Crippen molar-refractivity contribution in [2.45, 2.75) is 33.1 Å². The summed E-state index contributed by atoms with van der Waals surface area (Å²) in [6.07, 6.45) is 1.76. The van der Waals surface area contributed by atoms with Crippen molar-refractivity contribution in [3.8, 4) is 5.75 Å². The minimum Gasteiger partial charge on any atom is -0.493 e. The number of para-hydroxylation sites is 1. The number of nitrogens with zero attached hydrogens (tertiary/aromatic N) is 1. The maximum atomic E-state index is 13.2. The van der Waals surface area contributed by atoms with Crippen LogP contribution >= 0.6 is 0 Å². The molecule has 0 radical (unpaired) electrons. The lowest BCUT2D eigenvalue weighted by Crippen LogP contribution is -2.36. The standard InChI is InChI=1S/C23H30N2O3/c1-18(2)14-17-28-21-11-7-6-10-20(21)23(27)25(16-13-22(24)26)15-12-19-8-4-3-5-9-19/h3-11,18H,12-17H2,1-2H3,(H2,24,26). The molecule has 0 spiro atoms. The van der Waals surface area contributed by atoms with E-state index in [2.05, 4.69) is 13.8 Å². The van der Waals surface area contributed by atoms with Crippen LogP contribution in [0.25, 0.3) is 0 Å². The minimum absolute atomic E-state index is 0.136. The van der Waals surface area contributed by atoms with Crippen molar-refractivity contribution in [2.24, 2.45) is 11.7 Å². The number of primary amides is 1. The van der Waals surface area contributed by atoms with Gasteiger partial charge in [0.1, 0.15) is 5.75 Å². The van der Waals surface area contributed by atoms with E-state index in [0.29, 0.717) is 43.3 Å². The van der Waals surface area contributed by atoms with Crippen LogP contribution in [0.15, 0.2) is 54.6 Å². The fourth-order valence-corrected chi connectivity index (χ4v) is 2.81. The molecule has 5 heteroatoms. The highest BCUT2D eigenvalue weighted by molar-refractivity contribution is 5.97. The highest BCUT2D eigenvalue weighted by Crippen LogP contribution is 2.21. The predicted octanol–water partition coefficient (Wildman–Crippen LogP) is 3.67. The Labute approximate surface area is 167 Å². The smallest absolute Gasteiger partial charge is 0.257 e. The fraction of sp³-hybridized carbons (Fsp3) is 0.391. The Bertz CT molecular complexity index is 759. The molecule has 2 aromatic rings. The maximum absolute atomic E-state index is 13.2. The van der Waals surface area contributed by atoms with E-state index in [-0.39, 0.29) is 12.3 Å². The molecule has 2 aromatic carbocycles. The van der Waals surface area contributed by atoms with Gasteiger partial charge in [-0.3, -0.25) is 9.59 Å². The monoisotopic (exact) mass is 382 g/mol. The summed E-state index contributed by atoms with van der Waals surface area (Å²) in [6, 6.07) is 17.2. The normalized spacial score (nSPS) is 10.7. The zero-order valence-electron chi connectivity index (χ0n) is 16.8.